The largest absolute Gasteiger partial charge is 0.336 e. The Bertz CT molecular complexity index is 820. The number of amides is 1. The third kappa shape index (κ3) is 3.57. The summed E-state index contributed by atoms with van der Waals surface area (Å²) in [4.78, 5) is 20.2. The Morgan fingerprint density at radius 2 is 2.21 bits per heavy atom. The summed E-state index contributed by atoms with van der Waals surface area (Å²) in [5.41, 5.74) is 2.36. The first-order valence-corrected chi connectivity index (χ1v) is 9.62. The summed E-state index contributed by atoms with van der Waals surface area (Å²) in [6, 6.07) is 4.08. The summed E-state index contributed by atoms with van der Waals surface area (Å²) in [7, 11) is 1.81. The van der Waals surface area contributed by atoms with Gasteiger partial charge in [0.15, 0.2) is 0 Å². The van der Waals surface area contributed by atoms with Crippen molar-refractivity contribution in [2.45, 2.75) is 33.4 Å². The fourth-order valence-corrected chi connectivity index (χ4v) is 4.11. The Hall–Kier alpha value is -1.99. The Morgan fingerprint density at radius 1 is 1.38 bits per heavy atom. The van der Waals surface area contributed by atoms with Crippen molar-refractivity contribution in [2.75, 3.05) is 7.05 Å². The van der Waals surface area contributed by atoms with E-state index >= 15 is 0 Å². The highest BCUT2D eigenvalue weighted by molar-refractivity contribution is 7.20. The van der Waals surface area contributed by atoms with Crippen molar-refractivity contribution < 1.29 is 4.79 Å². The lowest BCUT2D eigenvalue weighted by molar-refractivity contribution is 0.0783. The second-order valence-electron chi connectivity index (χ2n) is 5.67. The highest BCUT2D eigenvalue weighted by Crippen LogP contribution is 2.28. The Kier molecular flexibility index (Phi) is 5.11. The van der Waals surface area contributed by atoms with Gasteiger partial charge in [-0.05, 0) is 24.8 Å². The van der Waals surface area contributed by atoms with E-state index in [1.54, 1.807) is 27.6 Å². The maximum absolute atomic E-state index is 12.7. The molecule has 1 amide bonds. The zero-order chi connectivity index (χ0) is 17.1. The van der Waals surface area contributed by atoms with Crippen molar-refractivity contribution in [1.82, 2.24) is 19.7 Å². The number of hydrogen-bond donors (Lipinski definition) is 0. The fourth-order valence-electron chi connectivity index (χ4n) is 2.48. The van der Waals surface area contributed by atoms with Crippen molar-refractivity contribution >= 4 is 28.6 Å². The monoisotopic (exact) mass is 360 g/mol. The van der Waals surface area contributed by atoms with Crippen LogP contribution in [0.4, 0.5) is 0 Å². The van der Waals surface area contributed by atoms with Crippen LogP contribution in [0.15, 0.2) is 29.1 Å². The van der Waals surface area contributed by atoms with Crippen molar-refractivity contribution in [3.8, 4) is 9.88 Å². The smallest absolute Gasteiger partial charge is 0.257 e. The molecule has 0 aliphatic heterocycles. The molecule has 0 fully saturated rings. The molecular formula is C17H20N4OS2. The van der Waals surface area contributed by atoms with Gasteiger partial charge in [0.2, 0.25) is 0 Å². The summed E-state index contributed by atoms with van der Waals surface area (Å²) >= 11 is 3.29. The van der Waals surface area contributed by atoms with Crippen molar-refractivity contribution in [1.29, 1.82) is 0 Å². The highest BCUT2D eigenvalue weighted by Gasteiger charge is 2.18. The number of thiazole rings is 1. The van der Waals surface area contributed by atoms with Crippen LogP contribution in [0.1, 0.15) is 35.1 Å². The molecule has 0 aromatic carbocycles. The van der Waals surface area contributed by atoms with Crippen LogP contribution < -0.4 is 0 Å². The molecule has 7 heteroatoms. The SMILES string of the molecule is CCCn1cc(C(=O)N(C)Cc2csc(-c3cccs3)n2)c(C)n1. The number of aryl methyl sites for hydroxylation is 2. The Balaban J connectivity index is 1.70. The summed E-state index contributed by atoms with van der Waals surface area (Å²) in [6.45, 7) is 5.30. The fraction of sp³-hybridized carbons (Fsp3) is 0.353. The summed E-state index contributed by atoms with van der Waals surface area (Å²) in [5.74, 6) is -0.0134. The molecule has 0 unspecified atom stereocenters. The minimum absolute atomic E-state index is 0.0134. The normalized spacial score (nSPS) is 11.0. The maximum atomic E-state index is 12.7. The van der Waals surface area contributed by atoms with Crippen LogP contribution in [0.3, 0.4) is 0 Å². The third-order valence-electron chi connectivity index (χ3n) is 3.66. The average Bonchev–Trinajstić information content (AvgIpc) is 3.27. The van der Waals surface area contributed by atoms with E-state index in [0.29, 0.717) is 12.1 Å². The van der Waals surface area contributed by atoms with Crippen LogP contribution in [0, 0.1) is 6.92 Å². The van der Waals surface area contributed by atoms with Crippen LogP contribution in [-0.4, -0.2) is 32.6 Å². The van der Waals surface area contributed by atoms with Gasteiger partial charge in [0.1, 0.15) is 5.01 Å². The van der Waals surface area contributed by atoms with Gasteiger partial charge in [0.25, 0.3) is 5.91 Å². The molecule has 5 nitrogen and oxygen atoms in total. The zero-order valence-corrected chi connectivity index (χ0v) is 15.7. The van der Waals surface area contributed by atoms with Crippen LogP contribution in [-0.2, 0) is 13.1 Å². The van der Waals surface area contributed by atoms with E-state index in [-0.39, 0.29) is 5.91 Å². The van der Waals surface area contributed by atoms with E-state index in [4.69, 9.17) is 0 Å². The lowest BCUT2D eigenvalue weighted by Crippen LogP contribution is -2.26. The van der Waals surface area contributed by atoms with E-state index in [0.717, 1.165) is 34.2 Å². The van der Waals surface area contributed by atoms with Gasteiger partial charge in [-0.15, -0.1) is 22.7 Å². The van der Waals surface area contributed by atoms with Gasteiger partial charge in [0.05, 0.1) is 28.4 Å². The molecule has 0 aliphatic carbocycles. The van der Waals surface area contributed by atoms with Gasteiger partial charge >= 0.3 is 0 Å². The number of carbonyl (C=O) groups is 1. The molecule has 0 N–H and O–H groups in total. The predicted molar refractivity (Wildman–Crippen MR) is 98.5 cm³/mol. The molecular weight excluding hydrogens is 340 g/mol. The zero-order valence-electron chi connectivity index (χ0n) is 14.0. The summed E-state index contributed by atoms with van der Waals surface area (Å²) in [5, 5.41) is 9.48. The van der Waals surface area contributed by atoms with Gasteiger partial charge in [-0.2, -0.15) is 5.10 Å². The van der Waals surface area contributed by atoms with E-state index in [1.807, 2.05) is 41.7 Å². The molecule has 0 saturated carbocycles. The second-order valence-corrected chi connectivity index (χ2v) is 7.48. The number of aromatic nitrogens is 3. The van der Waals surface area contributed by atoms with E-state index < -0.39 is 0 Å². The molecule has 0 atom stereocenters. The molecule has 3 heterocycles. The van der Waals surface area contributed by atoms with E-state index in [1.165, 1.54) is 0 Å². The van der Waals surface area contributed by atoms with Crippen LogP contribution >= 0.6 is 22.7 Å². The summed E-state index contributed by atoms with van der Waals surface area (Å²) in [6.07, 6.45) is 2.84. The second kappa shape index (κ2) is 7.27. The number of nitrogens with zero attached hydrogens (tertiary/aromatic N) is 4. The van der Waals surface area contributed by atoms with Gasteiger partial charge in [-0.25, -0.2) is 4.98 Å². The standard InChI is InChI=1S/C17H20N4OS2/c1-4-7-21-10-14(12(2)19-21)17(22)20(3)9-13-11-24-16(18-13)15-6-5-8-23-15/h5-6,8,10-11H,4,7,9H2,1-3H3. The topological polar surface area (TPSA) is 51.0 Å². The lowest BCUT2D eigenvalue weighted by Gasteiger charge is -2.15. The van der Waals surface area contributed by atoms with E-state index in [9.17, 15) is 4.79 Å². The van der Waals surface area contributed by atoms with Crippen molar-refractivity contribution in [3.05, 3.63) is 46.0 Å². The molecule has 0 bridgehead atoms. The highest BCUT2D eigenvalue weighted by atomic mass is 32.1. The van der Waals surface area contributed by atoms with Gasteiger partial charge in [0, 0.05) is 25.2 Å². The van der Waals surface area contributed by atoms with Crippen molar-refractivity contribution in [2.24, 2.45) is 0 Å². The lowest BCUT2D eigenvalue weighted by atomic mass is 10.2. The molecule has 0 radical (unpaired) electrons. The first-order chi connectivity index (χ1) is 11.6. The maximum Gasteiger partial charge on any atom is 0.257 e. The minimum Gasteiger partial charge on any atom is -0.336 e. The molecule has 0 saturated heterocycles. The molecule has 126 valence electrons. The molecule has 0 spiro atoms. The predicted octanol–water partition coefficient (Wildman–Crippen LogP) is 4.06. The molecule has 3 rings (SSSR count). The van der Waals surface area contributed by atoms with Crippen molar-refractivity contribution in [3.63, 3.8) is 0 Å². The average molecular weight is 361 g/mol. The third-order valence-corrected chi connectivity index (χ3v) is 5.59. The Morgan fingerprint density at radius 3 is 2.92 bits per heavy atom. The molecule has 0 aliphatic rings. The number of thiophene rings is 1. The van der Waals surface area contributed by atoms with Gasteiger partial charge in [-0.1, -0.05) is 13.0 Å². The van der Waals surface area contributed by atoms with E-state index in [2.05, 4.69) is 23.1 Å². The van der Waals surface area contributed by atoms with Crippen LogP contribution in [0.25, 0.3) is 9.88 Å². The molecule has 3 aromatic rings. The number of carbonyl (C=O) groups excluding carboxylic acids is 1. The number of hydrogen-bond acceptors (Lipinski definition) is 5. The molecule has 3 aromatic heterocycles. The number of rotatable bonds is 6. The van der Waals surface area contributed by atoms with Crippen LogP contribution in [0.5, 0.6) is 0 Å². The van der Waals surface area contributed by atoms with Gasteiger partial charge < -0.3 is 4.90 Å². The first-order valence-electron chi connectivity index (χ1n) is 7.86. The Labute approximate surface area is 149 Å². The van der Waals surface area contributed by atoms with Gasteiger partial charge in [-0.3, -0.25) is 9.48 Å². The van der Waals surface area contributed by atoms with Crippen LogP contribution in [0.2, 0.25) is 0 Å². The minimum atomic E-state index is -0.0134. The quantitative estimate of drug-likeness (QED) is 0.666. The summed E-state index contributed by atoms with van der Waals surface area (Å²) < 4.78 is 1.84. The first kappa shape index (κ1) is 16.9. The molecule has 24 heavy (non-hydrogen) atoms.